The third-order valence-corrected chi connectivity index (χ3v) is 3.79. The molecule has 0 radical (unpaired) electrons. The average Bonchev–Trinajstić information content (AvgIpc) is 2.35. The van der Waals surface area contributed by atoms with E-state index in [0.29, 0.717) is 13.2 Å². The molecule has 1 unspecified atom stereocenters. The summed E-state index contributed by atoms with van der Waals surface area (Å²) >= 11 is 0. The number of hydrogen-bond donors (Lipinski definition) is 1. The molecule has 0 saturated heterocycles. The van der Waals surface area contributed by atoms with Gasteiger partial charge in [-0.2, -0.15) is 0 Å². The fourth-order valence-electron chi connectivity index (χ4n) is 1.50. The Hall–Kier alpha value is -1.11. The number of nitrogens with one attached hydrogen (secondary N) is 1. The molecule has 0 saturated carbocycles. The highest BCUT2D eigenvalue weighted by Crippen LogP contribution is 2.16. The maximum atomic E-state index is 11.8. The van der Waals surface area contributed by atoms with Gasteiger partial charge in [0.05, 0.1) is 11.5 Å². The summed E-state index contributed by atoms with van der Waals surface area (Å²) in [7, 11) is 2.99. The summed E-state index contributed by atoms with van der Waals surface area (Å²) < 4.78 is 27.3. The fraction of sp³-hybridized carbons (Fsp3) is 0.417. The second kappa shape index (κ2) is 6.88. The zero-order valence-corrected chi connectivity index (χ0v) is 12.3. The van der Waals surface area contributed by atoms with E-state index in [4.69, 9.17) is 15.4 Å². The van der Waals surface area contributed by atoms with Gasteiger partial charge in [-0.3, -0.25) is 4.79 Å². The molecule has 1 rings (SSSR count). The molecule has 1 amide bonds. The van der Waals surface area contributed by atoms with Gasteiger partial charge in [0.1, 0.15) is 0 Å². The number of halogens is 1. The molecule has 1 atom stereocenters. The SMILES string of the molecule is COCC(C)CNC(=O)c1cccc(S(=O)(=O)Cl)c1. The molecule has 1 aromatic carbocycles. The van der Waals surface area contributed by atoms with Crippen LogP contribution >= 0.6 is 10.7 Å². The van der Waals surface area contributed by atoms with Crippen molar-refractivity contribution in [1.82, 2.24) is 5.32 Å². The van der Waals surface area contributed by atoms with E-state index >= 15 is 0 Å². The van der Waals surface area contributed by atoms with Crippen LogP contribution in [0.2, 0.25) is 0 Å². The normalized spacial score (nSPS) is 13.0. The quantitative estimate of drug-likeness (QED) is 0.811. The van der Waals surface area contributed by atoms with Gasteiger partial charge in [0.2, 0.25) is 0 Å². The first-order valence-corrected chi connectivity index (χ1v) is 7.97. The van der Waals surface area contributed by atoms with Gasteiger partial charge in [-0.05, 0) is 24.1 Å². The first kappa shape index (κ1) is 15.9. The highest BCUT2D eigenvalue weighted by Gasteiger charge is 2.13. The zero-order chi connectivity index (χ0) is 14.5. The molecule has 0 aromatic heterocycles. The number of carbonyl (C=O) groups is 1. The van der Waals surface area contributed by atoms with Crippen molar-refractivity contribution in [3.05, 3.63) is 29.8 Å². The predicted octanol–water partition coefficient (Wildman–Crippen LogP) is 1.63. The van der Waals surface area contributed by atoms with Crippen molar-refractivity contribution >= 4 is 25.6 Å². The van der Waals surface area contributed by atoms with Gasteiger partial charge in [0.25, 0.3) is 15.0 Å². The van der Waals surface area contributed by atoms with Gasteiger partial charge in [-0.15, -0.1) is 0 Å². The van der Waals surface area contributed by atoms with Crippen LogP contribution in [0.1, 0.15) is 17.3 Å². The van der Waals surface area contributed by atoms with Crippen LogP contribution < -0.4 is 5.32 Å². The summed E-state index contributed by atoms with van der Waals surface area (Å²) in [6.45, 7) is 2.92. The molecule has 106 valence electrons. The molecule has 0 bridgehead atoms. The third kappa shape index (κ3) is 5.18. The van der Waals surface area contributed by atoms with Crippen LogP contribution in [0.15, 0.2) is 29.2 Å². The standard InChI is InChI=1S/C12H16ClNO4S/c1-9(8-18-2)7-14-12(15)10-4-3-5-11(6-10)19(13,16)17/h3-6,9H,7-8H2,1-2H3,(H,14,15). The van der Waals surface area contributed by atoms with Crippen LogP contribution in [0.25, 0.3) is 0 Å². The minimum absolute atomic E-state index is 0.0910. The third-order valence-electron chi connectivity index (χ3n) is 2.44. The van der Waals surface area contributed by atoms with Crippen LogP contribution in [0.3, 0.4) is 0 Å². The lowest BCUT2D eigenvalue weighted by Crippen LogP contribution is -2.29. The largest absolute Gasteiger partial charge is 0.384 e. The predicted molar refractivity (Wildman–Crippen MR) is 72.9 cm³/mol. The van der Waals surface area contributed by atoms with Crippen molar-refractivity contribution < 1.29 is 17.9 Å². The molecular formula is C12H16ClNO4S. The molecular weight excluding hydrogens is 290 g/mol. The van der Waals surface area contributed by atoms with Crippen molar-refractivity contribution in [3.63, 3.8) is 0 Å². The summed E-state index contributed by atoms with van der Waals surface area (Å²) in [5, 5.41) is 2.71. The first-order valence-electron chi connectivity index (χ1n) is 5.66. The van der Waals surface area contributed by atoms with E-state index in [1.165, 1.54) is 24.3 Å². The summed E-state index contributed by atoms with van der Waals surface area (Å²) in [6.07, 6.45) is 0. The Morgan fingerprint density at radius 1 is 1.47 bits per heavy atom. The summed E-state index contributed by atoms with van der Waals surface area (Å²) in [5.74, 6) is -0.168. The average molecular weight is 306 g/mol. The lowest BCUT2D eigenvalue weighted by molar-refractivity contribution is 0.0934. The van der Waals surface area contributed by atoms with E-state index in [9.17, 15) is 13.2 Å². The van der Waals surface area contributed by atoms with E-state index < -0.39 is 9.05 Å². The van der Waals surface area contributed by atoms with Crippen LogP contribution in [0.5, 0.6) is 0 Å². The van der Waals surface area contributed by atoms with Crippen molar-refractivity contribution in [3.8, 4) is 0 Å². The summed E-state index contributed by atoms with van der Waals surface area (Å²) in [4.78, 5) is 11.8. The molecule has 19 heavy (non-hydrogen) atoms. The van der Waals surface area contributed by atoms with Crippen molar-refractivity contribution in [2.45, 2.75) is 11.8 Å². The van der Waals surface area contributed by atoms with E-state index in [2.05, 4.69) is 5.32 Å². The fourth-order valence-corrected chi connectivity index (χ4v) is 2.30. The van der Waals surface area contributed by atoms with Crippen molar-refractivity contribution in [1.29, 1.82) is 0 Å². The number of carbonyl (C=O) groups excluding carboxylic acids is 1. The maximum Gasteiger partial charge on any atom is 0.261 e. The van der Waals surface area contributed by atoms with Crippen molar-refractivity contribution in [2.24, 2.45) is 5.92 Å². The number of methoxy groups -OCH3 is 1. The Morgan fingerprint density at radius 3 is 2.74 bits per heavy atom. The van der Waals surface area contributed by atoms with Gasteiger partial charge >= 0.3 is 0 Å². The number of benzene rings is 1. The topological polar surface area (TPSA) is 72.5 Å². The second-order valence-electron chi connectivity index (χ2n) is 4.24. The number of rotatable bonds is 6. The monoisotopic (exact) mass is 305 g/mol. The Labute approximate surface area is 117 Å². The number of amides is 1. The minimum Gasteiger partial charge on any atom is -0.384 e. The molecule has 1 aromatic rings. The molecule has 0 aliphatic rings. The smallest absolute Gasteiger partial charge is 0.261 e. The number of hydrogen-bond acceptors (Lipinski definition) is 4. The summed E-state index contributed by atoms with van der Waals surface area (Å²) in [6, 6.07) is 5.59. The van der Waals surface area contributed by atoms with Crippen molar-refractivity contribution in [2.75, 3.05) is 20.3 Å². The summed E-state index contributed by atoms with van der Waals surface area (Å²) in [5.41, 5.74) is 0.256. The molecule has 7 heteroatoms. The highest BCUT2D eigenvalue weighted by atomic mass is 35.7. The van der Waals surface area contributed by atoms with Crippen LogP contribution in [-0.4, -0.2) is 34.6 Å². The van der Waals surface area contributed by atoms with Crippen LogP contribution in [0, 0.1) is 5.92 Å². The van der Waals surface area contributed by atoms with Gasteiger partial charge in [-0.25, -0.2) is 8.42 Å². The van der Waals surface area contributed by atoms with Gasteiger partial charge < -0.3 is 10.1 Å². The van der Waals surface area contributed by atoms with E-state index in [1.807, 2.05) is 6.92 Å². The van der Waals surface area contributed by atoms with E-state index in [0.717, 1.165) is 0 Å². The Kier molecular flexibility index (Phi) is 5.78. The molecule has 0 aliphatic carbocycles. The number of ether oxygens (including phenoxy) is 1. The Bertz CT molecular complexity index is 544. The molecule has 0 fully saturated rings. The molecule has 0 heterocycles. The van der Waals surface area contributed by atoms with Gasteiger partial charge in [-0.1, -0.05) is 13.0 Å². The first-order chi connectivity index (χ1) is 8.84. The Balaban J connectivity index is 2.73. The zero-order valence-electron chi connectivity index (χ0n) is 10.7. The van der Waals surface area contributed by atoms with Gasteiger partial charge in [0.15, 0.2) is 0 Å². The maximum absolute atomic E-state index is 11.8. The van der Waals surface area contributed by atoms with E-state index in [-0.39, 0.29) is 22.3 Å². The van der Waals surface area contributed by atoms with Crippen LogP contribution in [-0.2, 0) is 13.8 Å². The highest BCUT2D eigenvalue weighted by molar-refractivity contribution is 8.13. The van der Waals surface area contributed by atoms with Gasteiger partial charge in [0, 0.05) is 29.9 Å². The van der Waals surface area contributed by atoms with E-state index in [1.54, 1.807) is 7.11 Å². The Morgan fingerprint density at radius 2 is 2.16 bits per heavy atom. The second-order valence-corrected chi connectivity index (χ2v) is 6.80. The molecule has 0 aliphatic heterocycles. The molecule has 0 spiro atoms. The van der Waals surface area contributed by atoms with Crippen LogP contribution in [0.4, 0.5) is 0 Å². The minimum atomic E-state index is -3.83. The lowest BCUT2D eigenvalue weighted by atomic mass is 10.1. The molecule has 1 N–H and O–H groups in total. The molecule has 5 nitrogen and oxygen atoms in total. The lowest BCUT2D eigenvalue weighted by Gasteiger charge is -2.11.